The van der Waals surface area contributed by atoms with E-state index in [4.69, 9.17) is 4.74 Å². The molecule has 3 amide bonds. The summed E-state index contributed by atoms with van der Waals surface area (Å²) in [5.74, 6) is -1.89. The maximum Gasteiger partial charge on any atom is 0.345 e. The predicted molar refractivity (Wildman–Crippen MR) is 86.6 cm³/mol. The number of carbonyl (C=O) groups excluding carboxylic acids is 2. The van der Waals surface area contributed by atoms with Crippen molar-refractivity contribution in [3.63, 3.8) is 0 Å². The van der Waals surface area contributed by atoms with Crippen molar-refractivity contribution in [2.24, 2.45) is 0 Å². The monoisotopic (exact) mass is 341 g/mol. The van der Waals surface area contributed by atoms with Crippen LogP contribution >= 0.6 is 0 Å². The van der Waals surface area contributed by atoms with E-state index in [0.29, 0.717) is 26.2 Å². The fraction of sp³-hybridized carbons (Fsp3) is 0.812. The highest BCUT2D eigenvalue weighted by Crippen LogP contribution is 2.19. The summed E-state index contributed by atoms with van der Waals surface area (Å²) < 4.78 is 4.91. The summed E-state index contributed by atoms with van der Waals surface area (Å²) in [6, 6.07) is 0.149. The van der Waals surface area contributed by atoms with E-state index >= 15 is 0 Å². The van der Waals surface area contributed by atoms with Gasteiger partial charge in [0, 0.05) is 39.3 Å². The topological polar surface area (TPSA) is 99.2 Å². The van der Waals surface area contributed by atoms with Crippen molar-refractivity contribution < 1.29 is 24.2 Å². The van der Waals surface area contributed by atoms with Crippen LogP contribution in [-0.4, -0.2) is 77.7 Å². The first-order valence-corrected chi connectivity index (χ1v) is 8.52. The second kappa shape index (κ2) is 7.83. The molecule has 2 fully saturated rings. The Hall–Kier alpha value is -1.83. The van der Waals surface area contributed by atoms with Gasteiger partial charge in [-0.25, -0.2) is 9.59 Å². The minimum absolute atomic E-state index is 0.0956. The highest BCUT2D eigenvalue weighted by molar-refractivity contribution is 6.05. The van der Waals surface area contributed by atoms with Crippen LogP contribution in [0.15, 0.2) is 0 Å². The third kappa shape index (κ3) is 3.98. The fourth-order valence-corrected chi connectivity index (χ4v) is 3.19. The molecule has 0 aromatic carbocycles. The van der Waals surface area contributed by atoms with Crippen LogP contribution in [0.25, 0.3) is 0 Å². The highest BCUT2D eigenvalue weighted by atomic mass is 16.5. The molecule has 1 heterocycles. The summed E-state index contributed by atoms with van der Waals surface area (Å²) in [5, 5.41) is 12.3. The van der Waals surface area contributed by atoms with E-state index in [1.54, 1.807) is 4.90 Å². The first-order chi connectivity index (χ1) is 11.4. The fourth-order valence-electron chi connectivity index (χ4n) is 3.19. The van der Waals surface area contributed by atoms with E-state index in [1.165, 1.54) is 25.4 Å². The summed E-state index contributed by atoms with van der Waals surface area (Å²) in [6.45, 7) is 2.65. The number of carbonyl (C=O) groups is 3. The van der Waals surface area contributed by atoms with Crippen LogP contribution in [0, 0.1) is 0 Å². The molecule has 0 spiro atoms. The molecule has 2 N–H and O–H groups in total. The van der Waals surface area contributed by atoms with Crippen LogP contribution in [0.2, 0.25) is 0 Å². The standard InChI is InChI=1S/C16H27N3O5/c1-16(24-2,14(21)22)13(20)18-8-10-19(11-9-18)15(23)17-12-6-4-3-5-7-12/h12H,3-11H2,1-2H3,(H,17,23)(H,21,22). The number of carboxylic acids is 1. The summed E-state index contributed by atoms with van der Waals surface area (Å²) in [6.07, 6.45) is 5.58. The molecule has 1 aliphatic heterocycles. The Kier molecular flexibility index (Phi) is 6.04. The molecule has 0 aromatic rings. The molecular weight excluding hydrogens is 314 g/mol. The number of rotatable bonds is 4. The summed E-state index contributed by atoms with van der Waals surface area (Å²) >= 11 is 0. The third-order valence-corrected chi connectivity index (χ3v) is 5.01. The van der Waals surface area contributed by atoms with Gasteiger partial charge < -0.3 is 25.0 Å². The van der Waals surface area contributed by atoms with E-state index in [0.717, 1.165) is 25.7 Å². The van der Waals surface area contributed by atoms with Crippen molar-refractivity contribution in [2.75, 3.05) is 33.3 Å². The average molecular weight is 341 g/mol. The van der Waals surface area contributed by atoms with Gasteiger partial charge in [-0.3, -0.25) is 4.79 Å². The first kappa shape index (κ1) is 18.5. The molecule has 136 valence electrons. The van der Waals surface area contributed by atoms with Gasteiger partial charge in [0.25, 0.3) is 5.91 Å². The smallest absolute Gasteiger partial charge is 0.345 e. The lowest BCUT2D eigenvalue weighted by atomic mass is 9.96. The molecule has 2 rings (SSSR count). The zero-order valence-electron chi connectivity index (χ0n) is 14.4. The lowest BCUT2D eigenvalue weighted by Gasteiger charge is -2.38. The highest BCUT2D eigenvalue weighted by Gasteiger charge is 2.45. The van der Waals surface area contributed by atoms with Gasteiger partial charge in [0.2, 0.25) is 5.60 Å². The Balaban J connectivity index is 1.85. The number of nitrogens with one attached hydrogen (secondary N) is 1. The quantitative estimate of drug-likeness (QED) is 0.732. The van der Waals surface area contributed by atoms with Crippen molar-refractivity contribution in [1.82, 2.24) is 15.1 Å². The number of hydrogen-bond acceptors (Lipinski definition) is 4. The third-order valence-electron chi connectivity index (χ3n) is 5.01. The summed E-state index contributed by atoms with van der Waals surface area (Å²) in [7, 11) is 1.21. The van der Waals surface area contributed by atoms with E-state index < -0.39 is 17.5 Å². The molecule has 1 atom stereocenters. The Morgan fingerprint density at radius 2 is 1.58 bits per heavy atom. The van der Waals surface area contributed by atoms with Gasteiger partial charge in [0.05, 0.1) is 0 Å². The first-order valence-electron chi connectivity index (χ1n) is 8.52. The Morgan fingerprint density at radius 1 is 1.04 bits per heavy atom. The van der Waals surface area contributed by atoms with Crippen molar-refractivity contribution in [3.8, 4) is 0 Å². The zero-order valence-corrected chi connectivity index (χ0v) is 14.4. The van der Waals surface area contributed by atoms with Crippen molar-refractivity contribution >= 4 is 17.9 Å². The molecule has 2 aliphatic rings. The van der Waals surface area contributed by atoms with Gasteiger partial charge >= 0.3 is 12.0 Å². The number of methoxy groups -OCH3 is 1. The van der Waals surface area contributed by atoms with E-state index in [9.17, 15) is 19.5 Å². The molecule has 1 aliphatic carbocycles. The minimum atomic E-state index is -1.88. The van der Waals surface area contributed by atoms with Crippen LogP contribution in [0.1, 0.15) is 39.0 Å². The zero-order chi connectivity index (χ0) is 17.7. The second-order valence-corrected chi connectivity index (χ2v) is 6.61. The molecule has 24 heavy (non-hydrogen) atoms. The molecule has 0 aromatic heterocycles. The Morgan fingerprint density at radius 3 is 2.08 bits per heavy atom. The Labute approximate surface area is 142 Å². The molecule has 8 heteroatoms. The van der Waals surface area contributed by atoms with E-state index in [2.05, 4.69) is 5.32 Å². The summed E-state index contributed by atoms with van der Waals surface area (Å²) in [5.41, 5.74) is -1.88. The molecule has 1 saturated carbocycles. The van der Waals surface area contributed by atoms with E-state index in [1.807, 2.05) is 0 Å². The molecular formula is C16H27N3O5. The van der Waals surface area contributed by atoms with Crippen molar-refractivity contribution in [2.45, 2.75) is 50.7 Å². The Bertz CT molecular complexity index is 484. The SMILES string of the molecule is COC(C)(C(=O)O)C(=O)N1CCN(C(=O)NC2CCCCC2)CC1. The largest absolute Gasteiger partial charge is 0.479 e. The molecule has 1 saturated heterocycles. The number of urea groups is 1. The normalized spacial score (nSPS) is 21.9. The number of amides is 3. The van der Waals surface area contributed by atoms with E-state index in [-0.39, 0.29) is 12.1 Å². The molecule has 8 nitrogen and oxygen atoms in total. The van der Waals surface area contributed by atoms with Gasteiger partial charge in [-0.15, -0.1) is 0 Å². The van der Waals surface area contributed by atoms with Gasteiger partial charge in [-0.1, -0.05) is 19.3 Å². The number of aliphatic carboxylic acids is 1. The maximum absolute atomic E-state index is 12.4. The van der Waals surface area contributed by atoms with Crippen molar-refractivity contribution in [3.05, 3.63) is 0 Å². The molecule has 1 unspecified atom stereocenters. The maximum atomic E-state index is 12.4. The molecule has 0 bridgehead atoms. The van der Waals surface area contributed by atoms with Crippen LogP contribution in [0.4, 0.5) is 4.79 Å². The number of hydrogen-bond donors (Lipinski definition) is 2. The number of ether oxygens (including phenoxy) is 1. The van der Waals surface area contributed by atoms with Gasteiger partial charge in [0.1, 0.15) is 0 Å². The van der Waals surface area contributed by atoms with Gasteiger partial charge in [0.15, 0.2) is 0 Å². The lowest BCUT2D eigenvalue weighted by molar-refractivity contribution is -0.174. The molecule has 0 radical (unpaired) electrons. The number of carboxylic acid groups (broad SMARTS) is 1. The average Bonchev–Trinajstić information content (AvgIpc) is 2.61. The van der Waals surface area contributed by atoms with Crippen LogP contribution in [0.3, 0.4) is 0 Å². The summed E-state index contributed by atoms with van der Waals surface area (Å²) in [4.78, 5) is 39.1. The predicted octanol–water partition coefficient (Wildman–Crippen LogP) is 0.663. The van der Waals surface area contributed by atoms with Crippen LogP contribution in [0.5, 0.6) is 0 Å². The minimum Gasteiger partial charge on any atom is -0.479 e. The van der Waals surface area contributed by atoms with Gasteiger partial charge in [-0.05, 0) is 19.8 Å². The van der Waals surface area contributed by atoms with Gasteiger partial charge in [-0.2, -0.15) is 0 Å². The van der Waals surface area contributed by atoms with Crippen LogP contribution < -0.4 is 5.32 Å². The lowest BCUT2D eigenvalue weighted by Crippen LogP contribution is -2.60. The number of nitrogens with zero attached hydrogens (tertiary/aromatic N) is 2. The van der Waals surface area contributed by atoms with Crippen molar-refractivity contribution in [1.29, 1.82) is 0 Å². The van der Waals surface area contributed by atoms with Crippen LogP contribution in [-0.2, 0) is 14.3 Å². The second-order valence-electron chi connectivity index (χ2n) is 6.61. The number of piperazine rings is 1.